The maximum atomic E-state index is 12.1. The molecular weight excluding hydrogens is 294 g/mol. The Hall–Kier alpha value is -1.55. The highest BCUT2D eigenvalue weighted by molar-refractivity contribution is 9.10. The molecule has 0 aliphatic heterocycles. The standard InChI is InChI=1S/C14H14BrNO2/c1-16(2)14(17)11-8-9-6-4-5-7-10(9)12(15)13(11)18-3/h4-8H,1-3H3. The minimum atomic E-state index is -0.0710. The van der Waals surface area contributed by atoms with Gasteiger partial charge in [-0.05, 0) is 32.8 Å². The Morgan fingerprint density at radius 3 is 2.56 bits per heavy atom. The summed E-state index contributed by atoms with van der Waals surface area (Å²) >= 11 is 3.51. The zero-order chi connectivity index (χ0) is 13.3. The van der Waals surface area contributed by atoms with Gasteiger partial charge in [0, 0.05) is 14.1 Å². The fraction of sp³-hybridized carbons (Fsp3) is 0.214. The van der Waals surface area contributed by atoms with Gasteiger partial charge in [0.15, 0.2) is 0 Å². The second kappa shape index (κ2) is 4.98. The van der Waals surface area contributed by atoms with E-state index in [0.29, 0.717) is 11.3 Å². The van der Waals surface area contributed by atoms with E-state index < -0.39 is 0 Å². The highest BCUT2D eigenvalue weighted by atomic mass is 79.9. The van der Waals surface area contributed by atoms with E-state index >= 15 is 0 Å². The van der Waals surface area contributed by atoms with Crippen molar-refractivity contribution in [1.82, 2.24) is 4.90 Å². The molecule has 0 atom stereocenters. The van der Waals surface area contributed by atoms with E-state index in [-0.39, 0.29) is 5.91 Å². The van der Waals surface area contributed by atoms with Crippen molar-refractivity contribution in [3.63, 3.8) is 0 Å². The number of hydrogen-bond donors (Lipinski definition) is 0. The van der Waals surface area contributed by atoms with Crippen LogP contribution in [0.4, 0.5) is 0 Å². The maximum Gasteiger partial charge on any atom is 0.257 e. The van der Waals surface area contributed by atoms with E-state index in [1.54, 1.807) is 26.1 Å². The summed E-state index contributed by atoms with van der Waals surface area (Å²) in [6.07, 6.45) is 0. The fourth-order valence-electron chi connectivity index (χ4n) is 1.88. The number of carbonyl (C=O) groups excluding carboxylic acids is 1. The maximum absolute atomic E-state index is 12.1. The van der Waals surface area contributed by atoms with Crippen molar-refractivity contribution in [2.45, 2.75) is 0 Å². The number of rotatable bonds is 2. The molecule has 2 rings (SSSR count). The Labute approximate surface area is 114 Å². The number of methoxy groups -OCH3 is 1. The molecule has 0 heterocycles. The summed E-state index contributed by atoms with van der Waals surface area (Å²) in [6.45, 7) is 0. The van der Waals surface area contributed by atoms with Crippen LogP contribution in [0.25, 0.3) is 10.8 Å². The van der Waals surface area contributed by atoms with Crippen LogP contribution in [-0.4, -0.2) is 32.0 Å². The first-order valence-electron chi connectivity index (χ1n) is 5.53. The van der Waals surface area contributed by atoms with Crippen LogP contribution < -0.4 is 4.74 Å². The van der Waals surface area contributed by atoms with Gasteiger partial charge in [0.1, 0.15) is 5.75 Å². The van der Waals surface area contributed by atoms with Crippen LogP contribution in [-0.2, 0) is 0 Å². The Bertz CT molecular complexity index is 608. The number of carbonyl (C=O) groups is 1. The number of ether oxygens (including phenoxy) is 1. The predicted molar refractivity (Wildman–Crippen MR) is 76.2 cm³/mol. The molecule has 18 heavy (non-hydrogen) atoms. The molecule has 0 saturated carbocycles. The lowest BCUT2D eigenvalue weighted by Gasteiger charge is -2.16. The Kier molecular flexibility index (Phi) is 3.57. The zero-order valence-corrected chi connectivity index (χ0v) is 12.1. The molecule has 1 amide bonds. The molecule has 2 aromatic rings. The van der Waals surface area contributed by atoms with E-state index in [1.165, 1.54) is 0 Å². The molecule has 0 saturated heterocycles. The molecule has 0 aliphatic carbocycles. The summed E-state index contributed by atoms with van der Waals surface area (Å²) in [4.78, 5) is 13.7. The first-order chi connectivity index (χ1) is 8.56. The number of amides is 1. The lowest BCUT2D eigenvalue weighted by atomic mass is 10.1. The van der Waals surface area contributed by atoms with Gasteiger partial charge in [-0.25, -0.2) is 0 Å². The molecule has 94 valence electrons. The smallest absolute Gasteiger partial charge is 0.257 e. The predicted octanol–water partition coefficient (Wildman–Crippen LogP) is 3.31. The normalized spacial score (nSPS) is 10.4. The summed E-state index contributed by atoms with van der Waals surface area (Å²) in [6, 6.07) is 9.74. The van der Waals surface area contributed by atoms with Gasteiger partial charge < -0.3 is 9.64 Å². The molecule has 0 bridgehead atoms. The van der Waals surface area contributed by atoms with Crippen molar-refractivity contribution >= 4 is 32.6 Å². The molecule has 0 fully saturated rings. The highest BCUT2D eigenvalue weighted by Crippen LogP contribution is 2.36. The summed E-state index contributed by atoms with van der Waals surface area (Å²) in [5, 5.41) is 2.04. The lowest BCUT2D eigenvalue weighted by Crippen LogP contribution is -2.22. The molecule has 0 radical (unpaired) electrons. The minimum absolute atomic E-state index is 0.0710. The van der Waals surface area contributed by atoms with E-state index in [0.717, 1.165) is 15.2 Å². The van der Waals surface area contributed by atoms with Crippen LogP contribution in [0.3, 0.4) is 0 Å². The number of benzene rings is 2. The summed E-state index contributed by atoms with van der Waals surface area (Å²) in [7, 11) is 5.02. The second-order valence-corrected chi connectivity index (χ2v) is 4.99. The van der Waals surface area contributed by atoms with Gasteiger partial charge >= 0.3 is 0 Å². The first kappa shape index (κ1) is 12.9. The van der Waals surface area contributed by atoms with E-state index in [9.17, 15) is 4.79 Å². The largest absolute Gasteiger partial charge is 0.495 e. The van der Waals surface area contributed by atoms with E-state index in [1.807, 2.05) is 30.3 Å². The second-order valence-electron chi connectivity index (χ2n) is 4.19. The molecule has 0 aliphatic rings. The van der Waals surface area contributed by atoms with Gasteiger partial charge in [-0.2, -0.15) is 0 Å². The van der Waals surface area contributed by atoms with Crippen LogP contribution in [0.15, 0.2) is 34.8 Å². The molecule has 0 spiro atoms. The number of nitrogens with zero attached hydrogens (tertiary/aromatic N) is 1. The molecule has 0 N–H and O–H groups in total. The first-order valence-corrected chi connectivity index (χ1v) is 6.32. The van der Waals surface area contributed by atoms with Gasteiger partial charge in [0.25, 0.3) is 5.91 Å². The van der Waals surface area contributed by atoms with E-state index in [4.69, 9.17) is 4.74 Å². The third-order valence-electron chi connectivity index (χ3n) is 2.78. The summed E-state index contributed by atoms with van der Waals surface area (Å²) < 4.78 is 6.17. The number of fused-ring (bicyclic) bond motifs is 1. The van der Waals surface area contributed by atoms with Gasteiger partial charge in [-0.3, -0.25) is 4.79 Å². The van der Waals surface area contributed by atoms with Crippen molar-refractivity contribution in [3.8, 4) is 5.75 Å². The fourth-order valence-corrected chi connectivity index (χ4v) is 2.62. The van der Waals surface area contributed by atoms with Crippen LogP contribution in [0.1, 0.15) is 10.4 Å². The van der Waals surface area contributed by atoms with E-state index in [2.05, 4.69) is 15.9 Å². The molecular formula is C14H14BrNO2. The van der Waals surface area contributed by atoms with Crippen LogP contribution in [0.2, 0.25) is 0 Å². The van der Waals surface area contributed by atoms with Gasteiger partial charge in [0.2, 0.25) is 0 Å². The van der Waals surface area contributed by atoms with Crippen molar-refractivity contribution in [2.24, 2.45) is 0 Å². The van der Waals surface area contributed by atoms with Crippen LogP contribution in [0, 0.1) is 0 Å². The van der Waals surface area contributed by atoms with Crippen molar-refractivity contribution in [2.75, 3.05) is 21.2 Å². The van der Waals surface area contributed by atoms with Crippen molar-refractivity contribution in [3.05, 3.63) is 40.4 Å². The lowest BCUT2D eigenvalue weighted by molar-refractivity contribution is 0.0824. The summed E-state index contributed by atoms with van der Waals surface area (Å²) in [5.74, 6) is 0.505. The quantitative estimate of drug-likeness (QED) is 0.852. The van der Waals surface area contributed by atoms with Gasteiger partial charge in [-0.15, -0.1) is 0 Å². The molecule has 4 heteroatoms. The SMILES string of the molecule is COc1c(C(=O)N(C)C)cc2ccccc2c1Br. The Balaban J connectivity index is 2.77. The third kappa shape index (κ3) is 2.08. The Morgan fingerprint density at radius 1 is 1.28 bits per heavy atom. The number of halogens is 1. The zero-order valence-electron chi connectivity index (χ0n) is 10.5. The van der Waals surface area contributed by atoms with Crippen molar-refractivity contribution < 1.29 is 9.53 Å². The third-order valence-corrected chi connectivity index (χ3v) is 3.57. The minimum Gasteiger partial charge on any atom is -0.495 e. The molecule has 0 unspecified atom stereocenters. The van der Waals surface area contributed by atoms with Gasteiger partial charge in [0.05, 0.1) is 17.1 Å². The monoisotopic (exact) mass is 307 g/mol. The topological polar surface area (TPSA) is 29.5 Å². The van der Waals surface area contributed by atoms with Crippen molar-refractivity contribution in [1.29, 1.82) is 0 Å². The average molecular weight is 308 g/mol. The molecule has 0 aromatic heterocycles. The number of hydrogen-bond acceptors (Lipinski definition) is 2. The van der Waals surface area contributed by atoms with Gasteiger partial charge in [-0.1, -0.05) is 24.3 Å². The average Bonchev–Trinajstić information content (AvgIpc) is 2.37. The highest BCUT2D eigenvalue weighted by Gasteiger charge is 2.19. The molecule has 2 aromatic carbocycles. The molecule has 3 nitrogen and oxygen atoms in total. The Morgan fingerprint density at radius 2 is 1.94 bits per heavy atom. The summed E-state index contributed by atoms with van der Waals surface area (Å²) in [5.41, 5.74) is 0.563. The van der Waals surface area contributed by atoms with Crippen LogP contribution in [0.5, 0.6) is 5.75 Å². The van der Waals surface area contributed by atoms with Crippen LogP contribution >= 0.6 is 15.9 Å².